The summed E-state index contributed by atoms with van der Waals surface area (Å²) in [5.74, 6) is 2.18. The molecule has 2 aromatic heterocycles. The summed E-state index contributed by atoms with van der Waals surface area (Å²) in [5.41, 5.74) is 4.44. The quantitative estimate of drug-likeness (QED) is 0.191. The maximum absolute atomic E-state index is 13.5. The number of thiazole rings is 1. The molecular formula is C35H39N5O5S. The Labute approximate surface area is 272 Å². The van der Waals surface area contributed by atoms with E-state index in [1.165, 1.54) is 11.3 Å². The highest BCUT2D eigenvalue weighted by molar-refractivity contribution is 7.09. The SMILES string of the molecule is COc1ccc(CN(CCc2ccc(OC)c(OC)c2)Cc2nc(C(=O)N3CCC(n4c(=O)[nH]c5ccccc54)CC3)cs2)cc1. The molecule has 3 aromatic carbocycles. The van der Waals surface area contributed by atoms with Gasteiger partial charge in [0.2, 0.25) is 0 Å². The Bertz CT molecular complexity index is 1840. The number of likely N-dealkylation sites (tertiary alicyclic amines) is 1. The Balaban J connectivity index is 1.11. The van der Waals surface area contributed by atoms with Gasteiger partial charge in [0.05, 0.1) is 38.9 Å². The van der Waals surface area contributed by atoms with E-state index in [1.54, 1.807) is 21.3 Å². The summed E-state index contributed by atoms with van der Waals surface area (Å²) in [6, 6.07) is 21.9. The standard InChI is InChI=1S/C35H39N5O5S/c1-43-27-11-8-25(9-12-27)21-38(17-14-24-10-13-31(44-2)32(20-24)45-3)22-33-36-29(23-46-33)34(41)39-18-15-26(16-19-39)40-30-7-5-4-6-28(30)37-35(40)42/h4-13,20,23,26H,14-19,21-22H2,1-3H3,(H,37,42). The topological polar surface area (TPSA) is 102 Å². The molecular weight excluding hydrogens is 602 g/mol. The zero-order chi connectivity index (χ0) is 32.0. The van der Waals surface area contributed by atoms with Gasteiger partial charge in [-0.25, -0.2) is 9.78 Å². The van der Waals surface area contributed by atoms with Crippen LogP contribution in [0.5, 0.6) is 17.2 Å². The van der Waals surface area contributed by atoms with Crippen molar-refractivity contribution in [3.8, 4) is 17.2 Å². The first kappa shape index (κ1) is 31.4. The first-order valence-electron chi connectivity index (χ1n) is 15.4. The molecule has 10 nitrogen and oxygen atoms in total. The first-order valence-corrected chi connectivity index (χ1v) is 16.3. The van der Waals surface area contributed by atoms with Crippen LogP contribution < -0.4 is 19.9 Å². The molecule has 0 bridgehead atoms. The summed E-state index contributed by atoms with van der Waals surface area (Å²) in [6.07, 6.45) is 2.24. The normalized spacial score (nSPS) is 13.8. The average molecular weight is 642 g/mol. The number of para-hydroxylation sites is 2. The van der Waals surface area contributed by atoms with Gasteiger partial charge >= 0.3 is 5.69 Å². The number of carbonyl (C=O) groups excluding carboxylic acids is 1. The fourth-order valence-electron chi connectivity index (χ4n) is 6.13. The summed E-state index contributed by atoms with van der Waals surface area (Å²) in [4.78, 5) is 38.1. The van der Waals surface area contributed by atoms with Crippen LogP contribution in [0.25, 0.3) is 11.0 Å². The second-order valence-electron chi connectivity index (χ2n) is 11.5. The Morgan fingerprint density at radius 3 is 2.41 bits per heavy atom. The Morgan fingerprint density at radius 1 is 0.935 bits per heavy atom. The van der Waals surface area contributed by atoms with Crippen LogP contribution >= 0.6 is 11.3 Å². The van der Waals surface area contributed by atoms with E-state index in [9.17, 15) is 9.59 Å². The number of aromatic nitrogens is 3. The van der Waals surface area contributed by atoms with Gasteiger partial charge in [-0.2, -0.15) is 0 Å². The summed E-state index contributed by atoms with van der Waals surface area (Å²) in [6.45, 7) is 3.28. The summed E-state index contributed by atoms with van der Waals surface area (Å²) >= 11 is 1.52. The van der Waals surface area contributed by atoms with E-state index in [-0.39, 0.29) is 17.6 Å². The van der Waals surface area contributed by atoms with Crippen molar-refractivity contribution in [1.29, 1.82) is 0 Å². The predicted octanol–water partition coefficient (Wildman–Crippen LogP) is 5.53. The average Bonchev–Trinajstić information content (AvgIpc) is 3.70. The molecule has 1 saturated heterocycles. The van der Waals surface area contributed by atoms with Gasteiger partial charge in [0.1, 0.15) is 16.5 Å². The highest BCUT2D eigenvalue weighted by Crippen LogP contribution is 2.29. The van der Waals surface area contributed by atoms with E-state index in [0.717, 1.165) is 65.3 Å². The maximum Gasteiger partial charge on any atom is 0.326 e. The molecule has 0 radical (unpaired) electrons. The Kier molecular flexibility index (Phi) is 9.70. The molecule has 6 rings (SSSR count). The molecule has 0 aliphatic carbocycles. The van der Waals surface area contributed by atoms with Crippen LogP contribution in [0.3, 0.4) is 0 Å². The van der Waals surface area contributed by atoms with Gasteiger partial charge in [-0.15, -0.1) is 11.3 Å². The van der Waals surface area contributed by atoms with E-state index < -0.39 is 0 Å². The highest BCUT2D eigenvalue weighted by atomic mass is 32.1. The molecule has 1 N–H and O–H groups in total. The van der Waals surface area contributed by atoms with Crippen molar-refractivity contribution < 1.29 is 19.0 Å². The zero-order valence-corrected chi connectivity index (χ0v) is 27.2. The minimum Gasteiger partial charge on any atom is -0.497 e. The van der Waals surface area contributed by atoms with E-state index >= 15 is 0 Å². The Hall–Kier alpha value is -4.61. The van der Waals surface area contributed by atoms with Crippen molar-refractivity contribution in [2.45, 2.75) is 38.4 Å². The monoisotopic (exact) mass is 641 g/mol. The number of amides is 1. The van der Waals surface area contributed by atoms with Crippen molar-refractivity contribution in [1.82, 2.24) is 24.3 Å². The molecule has 0 saturated carbocycles. The number of fused-ring (bicyclic) bond motifs is 1. The van der Waals surface area contributed by atoms with Crippen molar-refractivity contribution >= 4 is 28.3 Å². The van der Waals surface area contributed by atoms with Crippen LogP contribution in [0.2, 0.25) is 0 Å². The van der Waals surface area contributed by atoms with Gasteiger partial charge in [0.25, 0.3) is 5.91 Å². The number of nitrogens with zero attached hydrogens (tertiary/aromatic N) is 4. The van der Waals surface area contributed by atoms with Crippen LogP contribution in [-0.2, 0) is 19.5 Å². The van der Waals surface area contributed by atoms with Crippen molar-refractivity contribution in [2.75, 3.05) is 41.0 Å². The number of piperidine rings is 1. The number of ether oxygens (including phenoxy) is 3. The van der Waals surface area contributed by atoms with Crippen LogP contribution in [0, 0.1) is 0 Å². The molecule has 1 aliphatic rings. The van der Waals surface area contributed by atoms with E-state index in [4.69, 9.17) is 19.2 Å². The number of benzene rings is 3. The molecule has 0 spiro atoms. The van der Waals surface area contributed by atoms with E-state index in [0.29, 0.717) is 36.8 Å². The largest absolute Gasteiger partial charge is 0.497 e. The van der Waals surface area contributed by atoms with Crippen LogP contribution in [0.1, 0.15) is 45.5 Å². The smallest absolute Gasteiger partial charge is 0.326 e. The van der Waals surface area contributed by atoms with Gasteiger partial charge in [-0.05, 0) is 66.8 Å². The summed E-state index contributed by atoms with van der Waals surface area (Å²) in [7, 11) is 4.95. The fraction of sp³-hybridized carbons (Fsp3) is 0.343. The fourth-order valence-corrected chi connectivity index (χ4v) is 6.93. The molecule has 5 aromatic rings. The van der Waals surface area contributed by atoms with Crippen LogP contribution in [-0.4, -0.2) is 71.2 Å². The van der Waals surface area contributed by atoms with Crippen molar-refractivity contribution in [2.24, 2.45) is 0 Å². The number of hydrogen-bond donors (Lipinski definition) is 1. The number of methoxy groups -OCH3 is 3. The minimum atomic E-state index is -0.0968. The summed E-state index contributed by atoms with van der Waals surface area (Å²) in [5, 5.41) is 2.76. The molecule has 1 aliphatic heterocycles. The Morgan fingerprint density at radius 2 is 1.67 bits per heavy atom. The summed E-state index contributed by atoms with van der Waals surface area (Å²) < 4.78 is 18.1. The maximum atomic E-state index is 13.5. The second kappa shape index (κ2) is 14.2. The molecule has 1 fully saturated rings. The van der Waals surface area contributed by atoms with E-state index in [2.05, 4.69) is 28.1 Å². The number of hydrogen-bond acceptors (Lipinski definition) is 8. The first-order chi connectivity index (χ1) is 22.4. The molecule has 0 atom stereocenters. The van der Waals surface area contributed by atoms with Gasteiger partial charge in [0, 0.05) is 37.6 Å². The van der Waals surface area contributed by atoms with Crippen LogP contribution in [0.4, 0.5) is 0 Å². The number of H-pyrrole nitrogens is 1. The third kappa shape index (κ3) is 6.95. The van der Waals surface area contributed by atoms with Gasteiger partial charge in [0.15, 0.2) is 11.5 Å². The van der Waals surface area contributed by atoms with Gasteiger partial charge < -0.3 is 24.1 Å². The molecule has 1 amide bonds. The van der Waals surface area contributed by atoms with Crippen molar-refractivity contribution in [3.63, 3.8) is 0 Å². The third-order valence-electron chi connectivity index (χ3n) is 8.60. The van der Waals surface area contributed by atoms with Crippen molar-refractivity contribution in [3.05, 3.63) is 104 Å². The highest BCUT2D eigenvalue weighted by Gasteiger charge is 2.28. The number of aromatic amines is 1. The lowest BCUT2D eigenvalue weighted by Crippen LogP contribution is -2.40. The zero-order valence-electron chi connectivity index (χ0n) is 26.4. The van der Waals surface area contributed by atoms with Gasteiger partial charge in [-0.1, -0.05) is 30.3 Å². The molecule has 46 heavy (non-hydrogen) atoms. The predicted molar refractivity (Wildman–Crippen MR) is 179 cm³/mol. The lowest BCUT2D eigenvalue weighted by molar-refractivity contribution is 0.0689. The number of imidazole rings is 1. The minimum absolute atomic E-state index is 0.0517. The van der Waals surface area contributed by atoms with E-state index in [1.807, 2.05) is 63.4 Å². The second-order valence-corrected chi connectivity index (χ2v) is 12.4. The molecule has 3 heterocycles. The molecule has 240 valence electrons. The number of rotatable bonds is 12. The molecule has 11 heteroatoms. The molecule has 0 unspecified atom stereocenters. The lowest BCUT2D eigenvalue weighted by atomic mass is 10.0. The van der Waals surface area contributed by atoms with Gasteiger partial charge in [-0.3, -0.25) is 14.3 Å². The van der Waals surface area contributed by atoms with Crippen LogP contribution in [0.15, 0.2) is 76.9 Å². The number of nitrogens with one attached hydrogen (secondary N) is 1. The third-order valence-corrected chi connectivity index (χ3v) is 9.43. The lowest BCUT2D eigenvalue weighted by Gasteiger charge is -2.32. The number of carbonyl (C=O) groups is 1.